The van der Waals surface area contributed by atoms with Gasteiger partial charge in [-0.25, -0.2) is 9.59 Å². The molecule has 0 spiro atoms. The van der Waals surface area contributed by atoms with E-state index in [1.54, 1.807) is 4.90 Å². The molecule has 7 nitrogen and oxygen atoms in total. The molecule has 2 unspecified atom stereocenters. The fraction of sp³-hybridized carbons (Fsp3) is 0.792. The number of amides is 2. The zero-order valence-corrected chi connectivity index (χ0v) is 19.0. The summed E-state index contributed by atoms with van der Waals surface area (Å²) in [6, 6.07) is -1.17. The summed E-state index contributed by atoms with van der Waals surface area (Å²) < 4.78 is 10.6. The van der Waals surface area contributed by atoms with Crippen LogP contribution in [0.2, 0.25) is 0 Å². The summed E-state index contributed by atoms with van der Waals surface area (Å²) in [6.45, 7) is 3.44. The van der Waals surface area contributed by atoms with Crippen LogP contribution >= 0.6 is 0 Å². The molecule has 2 atom stereocenters. The Morgan fingerprint density at radius 1 is 0.871 bits per heavy atom. The van der Waals surface area contributed by atoms with Crippen molar-refractivity contribution in [2.24, 2.45) is 0 Å². The van der Waals surface area contributed by atoms with E-state index in [9.17, 15) is 14.4 Å². The predicted molar refractivity (Wildman–Crippen MR) is 118 cm³/mol. The van der Waals surface area contributed by atoms with Crippen molar-refractivity contribution in [3.8, 4) is 12.3 Å². The number of ether oxygens (including phenoxy) is 2. The lowest BCUT2D eigenvalue weighted by Crippen LogP contribution is -2.58. The van der Waals surface area contributed by atoms with Crippen molar-refractivity contribution in [1.29, 1.82) is 0 Å². The van der Waals surface area contributed by atoms with Gasteiger partial charge in [-0.2, -0.15) is 0 Å². The molecule has 0 saturated carbocycles. The number of carbonyl (C=O) groups excluding carboxylic acids is 3. The topological polar surface area (TPSA) is 76.2 Å². The summed E-state index contributed by atoms with van der Waals surface area (Å²) in [5.74, 6) is 1.78. The van der Waals surface area contributed by atoms with Gasteiger partial charge in [0.1, 0.15) is 12.1 Å². The van der Waals surface area contributed by atoms with E-state index in [0.29, 0.717) is 32.5 Å². The Kier molecular flexibility index (Phi) is 11.3. The molecule has 7 heteroatoms. The highest BCUT2D eigenvalue weighted by Gasteiger charge is 2.41. The first-order chi connectivity index (χ1) is 15.1. The van der Waals surface area contributed by atoms with Crippen LogP contribution in [-0.4, -0.2) is 66.2 Å². The van der Waals surface area contributed by atoms with E-state index in [1.165, 1.54) is 24.2 Å². The summed E-state index contributed by atoms with van der Waals surface area (Å²) >= 11 is 0. The van der Waals surface area contributed by atoms with Crippen LogP contribution < -0.4 is 0 Å². The van der Waals surface area contributed by atoms with Gasteiger partial charge >= 0.3 is 12.1 Å². The number of unbranched alkanes of at least 4 members (excludes halogenated alkanes) is 5. The van der Waals surface area contributed by atoms with Gasteiger partial charge in [0.2, 0.25) is 5.91 Å². The Labute approximate surface area is 186 Å². The molecule has 174 valence electrons. The van der Waals surface area contributed by atoms with Crippen LogP contribution in [0.3, 0.4) is 0 Å². The number of esters is 1. The number of terminal acetylenes is 1. The lowest BCUT2D eigenvalue weighted by Gasteiger charge is -2.40. The smallest absolute Gasteiger partial charge is 0.411 e. The second-order valence-electron chi connectivity index (χ2n) is 8.44. The van der Waals surface area contributed by atoms with Gasteiger partial charge in [0, 0.05) is 13.1 Å². The number of rotatable bonds is 10. The number of likely N-dealkylation sites (tertiary alicyclic amines) is 2. The number of carbonyl (C=O) groups is 3. The Morgan fingerprint density at radius 3 is 2.23 bits per heavy atom. The molecule has 2 saturated heterocycles. The van der Waals surface area contributed by atoms with Gasteiger partial charge in [-0.05, 0) is 44.9 Å². The van der Waals surface area contributed by atoms with Crippen LogP contribution in [-0.2, 0) is 19.1 Å². The highest BCUT2D eigenvalue weighted by molar-refractivity contribution is 5.90. The van der Waals surface area contributed by atoms with Crippen molar-refractivity contribution in [3.63, 3.8) is 0 Å². The molecule has 2 aliphatic rings. The molecule has 2 fully saturated rings. The van der Waals surface area contributed by atoms with E-state index in [4.69, 9.17) is 15.9 Å². The van der Waals surface area contributed by atoms with Crippen molar-refractivity contribution in [2.75, 3.05) is 26.3 Å². The van der Waals surface area contributed by atoms with Gasteiger partial charge in [0.05, 0.1) is 6.61 Å². The Hall–Kier alpha value is -2.23. The summed E-state index contributed by atoms with van der Waals surface area (Å²) in [4.78, 5) is 41.6. The van der Waals surface area contributed by atoms with Crippen LogP contribution in [0.25, 0.3) is 0 Å². The minimum absolute atomic E-state index is 0.118. The highest BCUT2D eigenvalue weighted by atomic mass is 16.6. The largest absolute Gasteiger partial charge is 0.464 e. The quantitative estimate of drug-likeness (QED) is 0.296. The van der Waals surface area contributed by atoms with Gasteiger partial charge in [0.15, 0.2) is 6.61 Å². The van der Waals surface area contributed by atoms with Gasteiger partial charge in [-0.3, -0.25) is 9.69 Å². The van der Waals surface area contributed by atoms with Crippen molar-refractivity contribution >= 4 is 18.0 Å². The van der Waals surface area contributed by atoms with E-state index >= 15 is 0 Å². The summed E-state index contributed by atoms with van der Waals surface area (Å²) in [5.41, 5.74) is 0. The third kappa shape index (κ3) is 7.75. The summed E-state index contributed by atoms with van der Waals surface area (Å²) in [7, 11) is 0. The summed E-state index contributed by atoms with van der Waals surface area (Å²) in [5, 5.41) is 0. The van der Waals surface area contributed by atoms with Crippen LogP contribution in [0.15, 0.2) is 0 Å². The number of hydrogen-bond acceptors (Lipinski definition) is 5. The Balaban J connectivity index is 1.91. The van der Waals surface area contributed by atoms with Gasteiger partial charge in [0.25, 0.3) is 0 Å². The first-order valence-corrected chi connectivity index (χ1v) is 11.9. The monoisotopic (exact) mass is 434 g/mol. The lowest BCUT2D eigenvalue weighted by molar-refractivity contribution is -0.159. The maximum absolute atomic E-state index is 13.4. The first-order valence-electron chi connectivity index (χ1n) is 11.9. The van der Waals surface area contributed by atoms with E-state index in [0.717, 1.165) is 44.9 Å². The van der Waals surface area contributed by atoms with Crippen LogP contribution in [0.4, 0.5) is 4.79 Å². The van der Waals surface area contributed by atoms with Crippen molar-refractivity contribution in [1.82, 2.24) is 9.80 Å². The third-order valence-electron chi connectivity index (χ3n) is 6.10. The molecule has 0 radical (unpaired) electrons. The predicted octanol–water partition coefficient (Wildman–Crippen LogP) is 3.90. The average molecular weight is 435 g/mol. The molecule has 2 aliphatic heterocycles. The Bertz CT molecular complexity index is 630. The standard InChI is InChI=1S/C24H38N2O5/c1-3-5-6-7-8-13-19-30-23(28)21-15-10-11-16-25(21)22(27)20-14-9-12-17-26(20)24(29)31-18-4-2/h2,20-21H,3,5-19H2,1H3. The lowest BCUT2D eigenvalue weighted by atomic mass is 9.97. The Morgan fingerprint density at radius 2 is 1.52 bits per heavy atom. The molecule has 2 heterocycles. The number of nitrogens with zero attached hydrogens (tertiary/aromatic N) is 2. The van der Waals surface area contributed by atoms with E-state index in [2.05, 4.69) is 12.8 Å². The molecular weight excluding hydrogens is 396 g/mol. The van der Waals surface area contributed by atoms with E-state index in [1.807, 2.05) is 0 Å². The molecule has 0 N–H and O–H groups in total. The number of piperidine rings is 2. The third-order valence-corrected chi connectivity index (χ3v) is 6.10. The SMILES string of the molecule is C#CCOC(=O)N1CCCCC1C(=O)N1CCCCC1C(=O)OCCCCCCCC. The van der Waals surface area contributed by atoms with Crippen molar-refractivity contribution < 1.29 is 23.9 Å². The van der Waals surface area contributed by atoms with Crippen LogP contribution in [0, 0.1) is 12.3 Å². The zero-order chi connectivity index (χ0) is 22.5. The molecule has 2 amide bonds. The minimum Gasteiger partial charge on any atom is -0.464 e. The fourth-order valence-corrected chi connectivity index (χ4v) is 4.38. The van der Waals surface area contributed by atoms with E-state index in [-0.39, 0.29) is 18.5 Å². The fourth-order valence-electron chi connectivity index (χ4n) is 4.38. The zero-order valence-electron chi connectivity index (χ0n) is 19.0. The summed E-state index contributed by atoms with van der Waals surface area (Å²) in [6.07, 6.45) is 15.9. The molecular formula is C24H38N2O5. The van der Waals surface area contributed by atoms with Crippen molar-refractivity contribution in [3.05, 3.63) is 0 Å². The van der Waals surface area contributed by atoms with E-state index < -0.39 is 18.2 Å². The molecule has 2 rings (SSSR count). The first kappa shape index (κ1) is 25.0. The minimum atomic E-state index is -0.606. The second kappa shape index (κ2) is 14.0. The molecule has 0 aromatic carbocycles. The van der Waals surface area contributed by atoms with Crippen LogP contribution in [0.5, 0.6) is 0 Å². The second-order valence-corrected chi connectivity index (χ2v) is 8.44. The molecule has 0 aliphatic carbocycles. The van der Waals surface area contributed by atoms with Gasteiger partial charge in [-0.1, -0.05) is 44.9 Å². The average Bonchev–Trinajstić information content (AvgIpc) is 2.81. The van der Waals surface area contributed by atoms with Crippen molar-refractivity contribution in [2.45, 2.75) is 96.1 Å². The van der Waals surface area contributed by atoms with Gasteiger partial charge < -0.3 is 14.4 Å². The van der Waals surface area contributed by atoms with Gasteiger partial charge in [-0.15, -0.1) is 6.42 Å². The molecule has 0 aromatic heterocycles. The normalized spacial score (nSPS) is 21.3. The maximum Gasteiger partial charge on any atom is 0.411 e. The molecule has 0 aromatic rings. The highest BCUT2D eigenvalue weighted by Crippen LogP contribution is 2.25. The van der Waals surface area contributed by atoms with Crippen LogP contribution in [0.1, 0.15) is 84.0 Å². The molecule has 0 bridgehead atoms. The molecule has 31 heavy (non-hydrogen) atoms. The number of hydrogen-bond donors (Lipinski definition) is 0. The maximum atomic E-state index is 13.4.